The first-order valence-electron chi connectivity index (χ1n) is 4.80. The fourth-order valence-electron chi connectivity index (χ4n) is 2.18. The largest absolute Gasteiger partial charge is 0.330 e. The van der Waals surface area contributed by atoms with Crippen LogP contribution in [0.2, 0.25) is 5.02 Å². The van der Waals surface area contributed by atoms with Crippen LogP contribution < -0.4 is 5.73 Å². The number of nitrogens with two attached hydrogens (primary N) is 1. The summed E-state index contributed by atoms with van der Waals surface area (Å²) in [7, 11) is 0. The Morgan fingerprint density at radius 2 is 2.31 bits per heavy atom. The zero-order valence-electron chi connectivity index (χ0n) is 7.59. The minimum atomic E-state index is 0.484. The van der Waals surface area contributed by atoms with Gasteiger partial charge in [-0.3, -0.25) is 0 Å². The number of aryl methyl sites for hydroxylation is 1. The van der Waals surface area contributed by atoms with Crippen LogP contribution in [0.25, 0.3) is 0 Å². The zero-order chi connectivity index (χ0) is 9.26. The summed E-state index contributed by atoms with van der Waals surface area (Å²) in [6.45, 7) is 0.719. The highest BCUT2D eigenvalue weighted by Crippen LogP contribution is 2.35. The Balaban J connectivity index is 2.47. The predicted molar refractivity (Wildman–Crippen MR) is 56.2 cm³/mol. The van der Waals surface area contributed by atoms with Crippen LogP contribution in [-0.2, 0) is 6.42 Å². The van der Waals surface area contributed by atoms with Crippen LogP contribution in [0.15, 0.2) is 18.2 Å². The molecule has 0 aliphatic heterocycles. The van der Waals surface area contributed by atoms with Crippen molar-refractivity contribution in [1.29, 1.82) is 0 Å². The third-order valence-electron chi connectivity index (χ3n) is 2.83. The van der Waals surface area contributed by atoms with Crippen LogP contribution in [0, 0.1) is 0 Å². The Hall–Kier alpha value is -0.530. The molecular formula is C11H14ClN. The highest BCUT2D eigenvalue weighted by Gasteiger charge is 2.20. The fourth-order valence-corrected chi connectivity index (χ4v) is 2.52. The Morgan fingerprint density at radius 3 is 3.08 bits per heavy atom. The summed E-state index contributed by atoms with van der Waals surface area (Å²) < 4.78 is 0. The molecule has 0 aromatic heterocycles. The lowest BCUT2D eigenvalue weighted by Crippen LogP contribution is -2.18. The molecule has 70 valence electrons. The van der Waals surface area contributed by atoms with E-state index in [0.29, 0.717) is 5.92 Å². The first-order chi connectivity index (χ1) is 6.33. The lowest BCUT2D eigenvalue weighted by molar-refractivity contribution is 0.561. The molecule has 0 bridgehead atoms. The van der Waals surface area contributed by atoms with Gasteiger partial charge < -0.3 is 5.73 Å². The first kappa shape index (κ1) is 9.04. The van der Waals surface area contributed by atoms with Crippen LogP contribution in [0.3, 0.4) is 0 Å². The SMILES string of the molecule is NCC1CCCc2cccc(Cl)c21. The maximum Gasteiger partial charge on any atom is 0.0444 e. The molecule has 0 amide bonds. The molecule has 1 unspecified atom stereocenters. The van der Waals surface area contributed by atoms with Crippen LogP contribution in [0.4, 0.5) is 0 Å². The molecule has 2 rings (SSSR count). The molecule has 1 aliphatic rings. The molecule has 0 radical (unpaired) electrons. The number of benzene rings is 1. The van der Waals surface area contributed by atoms with Crippen molar-refractivity contribution in [2.75, 3.05) is 6.54 Å². The van der Waals surface area contributed by atoms with E-state index in [4.69, 9.17) is 17.3 Å². The third kappa shape index (κ3) is 1.59. The smallest absolute Gasteiger partial charge is 0.0444 e. The van der Waals surface area contributed by atoms with Crippen molar-refractivity contribution in [2.24, 2.45) is 5.73 Å². The van der Waals surface area contributed by atoms with Gasteiger partial charge in [-0.1, -0.05) is 23.7 Å². The van der Waals surface area contributed by atoms with E-state index in [1.807, 2.05) is 12.1 Å². The van der Waals surface area contributed by atoms with Crippen molar-refractivity contribution in [3.63, 3.8) is 0 Å². The quantitative estimate of drug-likeness (QED) is 0.733. The van der Waals surface area contributed by atoms with E-state index in [1.165, 1.54) is 24.0 Å². The lowest BCUT2D eigenvalue weighted by Gasteiger charge is -2.25. The van der Waals surface area contributed by atoms with Gasteiger partial charge in [-0.2, -0.15) is 0 Å². The minimum Gasteiger partial charge on any atom is -0.330 e. The van der Waals surface area contributed by atoms with Crippen molar-refractivity contribution >= 4 is 11.6 Å². The van der Waals surface area contributed by atoms with E-state index >= 15 is 0 Å². The zero-order valence-corrected chi connectivity index (χ0v) is 8.35. The number of hydrogen-bond donors (Lipinski definition) is 1. The number of fused-ring (bicyclic) bond motifs is 1. The molecule has 1 aromatic carbocycles. The maximum absolute atomic E-state index is 6.16. The summed E-state index contributed by atoms with van der Waals surface area (Å²) in [5, 5.41) is 0.896. The topological polar surface area (TPSA) is 26.0 Å². The first-order valence-corrected chi connectivity index (χ1v) is 5.18. The Bertz CT molecular complexity index is 309. The van der Waals surface area contributed by atoms with E-state index < -0.39 is 0 Å². The highest BCUT2D eigenvalue weighted by atomic mass is 35.5. The summed E-state index contributed by atoms with van der Waals surface area (Å²) in [5.74, 6) is 0.484. The molecule has 13 heavy (non-hydrogen) atoms. The van der Waals surface area contributed by atoms with Gasteiger partial charge in [-0.05, 0) is 48.9 Å². The van der Waals surface area contributed by atoms with Crippen LogP contribution >= 0.6 is 11.6 Å². The summed E-state index contributed by atoms with van der Waals surface area (Å²) in [6.07, 6.45) is 3.59. The van der Waals surface area contributed by atoms with Crippen LogP contribution in [0.5, 0.6) is 0 Å². The van der Waals surface area contributed by atoms with Crippen LogP contribution in [0.1, 0.15) is 29.9 Å². The van der Waals surface area contributed by atoms with Gasteiger partial charge in [0.2, 0.25) is 0 Å². The van der Waals surface area contributed by atoms with Gasteiger partial charge in [0.05, 0.1) is 0 Å². The van der Waals surface area contributed by atoms with E-state index in [9.17, 15) is 0 Å². The third-order valence-corrected chi connectivity index (χ3v) is 3.16. The molecule has 1 nitrogen and oxygen atoms in total. The number of hydrogen-bond acceptors (Lipinski definition) is 1. The maximum atomic E-state index is 6.16. The molecule has 0 saturated carbocycles. The van der Waals surface area contributed by atoms with Gasteiger partial charge in [0.25, 0.3) is 0 Å². The average Bonchev–Trinajstić information content (AvgIpc) is 2.17. The molecule has 2 heteroatoms. The molecule has 0 spiro atoms. The van der Waals surface area contributed by atoms with Crippen molar-refractivity contribution < 1.29 is 0 Å². The fraction of sp³-hybridized carbons (Fsp3) is 0.455. The predicted octanol–water partition coefficient (Wildman–Crippen LogP) is 2.72. The summed E-state index contributed by atoms with van der Waals surface area (Å²) in [4.78, 5) is 0. The molecule has 0 saturated heterocycles. The second-order valence-electron chi connectivity index (χ2n) is 3.64. The van der Waals surface area contributed by atoms with Crippen molar-refractivity contribution in [3.8, 4) is 0 Å². The van der Waals surface area contributed by atoms with E-state index in [-0.39, 0.29) is 0 Å². The number of halogens is 1. The van der Waals surface area contributed by atoms with E-state index in [1.54, 1.807) is 0 Å². The van der Waals surface area contributed by atoms with Crippen molar-refractivity contribution in [2.45, 2.75) is 25.2 Å². The molecule has 1 aliphatic carbocycles. The van der Waals surface area contributed by atoms with Crippen molar-refractivity contribution in [3.05, 3.63) is 34.3 Å². The Morgan fingerprint density at radius 1 is 1.46 bits per heavy atom. The van der Waals surface area contributed by atoms with Gasteiger partial charge in [0.1, 0.15) is 0 Å². The van der Waals surface area contributed by atoms with Gasteiger partial charge in [-0.25, -0.2) is 0 Å². The summed E-state index contributed by atoms with van der Waals surface area (Å²) in [5.41, 5.74) is 8.43. The summed E-state index contributed by atoms with van der Waals surface area (Å²) in [6, 6.07) is 6.16. The molecule has 0 heterocycles. The molecule has 2 N–H and O–H groups in total. The molecule has 1 aromatic rings. The van der Waals surface area contributed by atoms with E-state index in [2.05, 4.69) is 6.07 Å². The molecule has 1 atom stereocenters. The normalized spacial score (nSPS) is 21.2. The summed E-state index contributed by atoms with van der Waals surface area (Å²) >= 11 is 6.16. The minimum absolute atomic E-state index is 0.484. The van der Waals surface area contributed by atoms with Gasteiger partial charge in [-0.15, -0.1) is 0 Å². The standard InChI is InChI=1S/C11H14ClN/c12-10-6-2-4-8-3-1-5-9(7-13)11(8)10/h2,4,6,9H,1,3,5,7,13H2. The molecular weight excluding hydrogens is 182 g/mol. The highest BCUT2D eigenvalue weighted by molar-refractivity contribution is 6.31. The molecule has 0 fully saturated rings. The van der Waals surface area contributed by atoms with Crippen molar-refractivity contribution in [1.82, 2.24) is 0 Å². The second kappa shape index (κ2) is 3.69. The Labute approximate surface area is 83.9 Å². The lowest BCUT2D eigenvalue weighted by atomic mass is 9.83. The monoisotopic (exact) mass is 195 g/mol. The van der Waals surface area contributed by atoms with Gasteiger partial charge in [0, 0.05) is 5.02 Å². The number of rotatable bonds is 1. The van der Waals surface area contributed by atoms with E-state index in [0.717, 1.165) is 18.0 Å². The average molecular weight is 196 g/mol. The Kier molecular flexibility index (Phi) is 2.56. The van der Waals surface area contributed by atoms with Crippen LogP contribution in [-0.4, -0.2) is 6.54 Å². The van der Waals surface area contributed by atoms with Gasteiger partial charge >= 0.3 is 0 Å². The second-order valence-corrected chi connectivity index (χ2v) is 4.04. The van der Waals surface area contributed by atoms with Gasteiger partial charge in [0.15, 0.2) is 0 Å².